The van der Waals surface area contributed by atoms with Crippen LogP contribution in [0.5, 0.6) is 0 Å². The number of likely N-dealkylation sites (tertiary alicyclic amines) is 1. The van der Waals surface area contributed by atoms with E-state index < -0.39 is 0 Å². The van der Waals surface area contributed by atoms with E-state index in [1.165, 1.54) is 16.0 Å². The van der Waals surface area contributed by atoms with Crippen molar-refractivity contribution in [2.24, 2.45) is 23.7 Å². The minimum Gasteiger partial charge on any atom is -0.367 e. The van der Waals surface area contributed by atoms with Crippen LogP contribution in [0.25, 0.3) is 0 Å². The summed E-state index contributed by atoms with van der Waals surface area (Å²) in [6.07, 6.45) is 5.22. The zero-order chi connectivity index (χ0) is 15.4. The maximum atomic E-state index is 12.6. The predicted octanol–water partition coefficient (Wildman–Crippen LogP) is 2.48. The van der Waals surface area contributed by atoms with Crippen molar-refractivity contribution < 1.29 is 9.59 Å². The molecule has 114 valence electrons. The van der Waals surface area contributed by atoms with Crippen LogP contribution in [0.3, 0.4) is 0 Å². The average molecular weight is 296 g/mol. The molecule has 4 atom stereocenters. The van der Waals surface area contributed by atoms with E-state index in [-0.39, 0.29) is 42.2 Å². The summed E-state index contributed by atoms with van der Waals surface area (Å²) in [5.74, 6) is 0.343. The smallest absolute Gasteiger partial charge is 0.235 e. The predicted molar refractivity (Wildman–Crippen MR) is 84.0 cm³/mol. The van der Waals surface area contributed by atoms with Gasteiger partial charge in [0, 0.05) is 5.69 Å². The molecular weight excluding hydrogens is 276 g/mol. The highest BCUT2D eigenvalue weighted by atomic mass is 16.2. The summed E-state index contributed by atoms with van der Waals surface area (Å²) in [5.41, 5.74) is 3.38. The summed E-state index contributed by atoms with van der Waals surface area (Å²) in [6.45, 7) is 4.39. The Morgan fingerprint density at radius 3 is 2.27 bits per heavy atom. The minimum absolute atomic E-state index is 0.00295. The molecule has 2 fully saturated rings. The number of anilines is 1. The van der Waals surface area contributed by atoms with Gasteiger partial charge in [-0.2, -0.15) is 0 Å². The molecule has 0 aromatic heterocycles. The Hall–Kier alpha value is -2.10. The van der Waals surface area contributed by atoms with Gasteiger partial charge in [-0.15, -0.1) is 0 Å². The van der Waals surface area contributed by atoms with Gasteiger partial charge in [-0.05, 0) is 55.4 Å². The average Bonchev–Trinajstić information content (AvgIpc) is 3.16. The molecule has 1 N–H and O–H groups in total. The summed E-state index contributed by atoms with van der Waals surface area (Å²) in [5, 5.41) is 3.22. The van der Waals surface area contributed by atoms with E-state index in [1.54, 1.807) is 0 Å². The molecule has 4 heteroatoms. The van der Waals surface area contributed by atoms with E-state index >= 15 is 0 Å². The second-order valence-corrected chi connectivity index (χ2v) is 6.74. The standard InChI is InChI=1S/C18H20N2O2/c1-10-3-6-14(7-11(10)2)19-9-20-17(21)15-12-4-5-13(8-12)16(15)18(20)22/h3-7,12-13,15-16,19H,8-9H2,1-2H3/t12-,13-,15-,16+/m1/s1. The van der Waals surface area contributed by atoms with Gasteiger partial charge in [0.05, 0.1) is 18.5 Å². The minimum atomic E-state index is -0.107. The first-order valence-electron chi connectivity index (χ1n) is 7.91. The Labute approximate surface area is 130 Å². The monoisotopic (exact) mass is 296 g/mol. The number of carbonyl (C=O) groups excluding carboxylic acids is 2. The number of fused-ring (bicyclic) bond motifs is 5. The number of nitrogens with zero attached hydrogens (tertiary/aromatic N) is 1. The van der Waals surface area contributed by atoms with Crippen LogP contribution < -0.4 is 5.32 Å². The lowest BCUT2D eigenvalue weighted by Crippen LogP contribution is -2.37. The van der Waals surface area contributed by atoms with Gasteiger partial charge in [-0.25, -0.2) is 0 Å². The third-order valence-corrected chi connectivity index (χ3v) is 5.51. The first-order valence-corrected chi connectivity index (χ1v) is 7.91. The Morgan fingerprint density at radius 1 is 1.05 bits per heavy atom. The Bertz CT molecular complexity index is 664. The fourth-order valence-corrected chi connectivity index (χ4v) is 4.14. The molecule has 2 bridgehead atoms. The number of imide groups is 1. The molecule has 1 heterocycles. The van der Waals surface area contributed by atoms with Gasteiger partial charge < -0.3 is 5.32 Å². The van der Waals surface area contributed by atoms with Crippen LogP contribution in [0, 0.1) is 37.5 Å². The lowest BCUT2D eigenvalue weighted by Gasteiger charge is -2.18. The largest absolute Gasteiger partial charge is 0.367 e. The number of benzene rings is 1. The summed E-state index contributed by atoms with van der Waals surface area (Å²) in [6, 6.07) is 6.08. The van der Waals surface area contributed by atoms with Gasteiger partial charge in [-0.1, -0.05) is 18.2 Å². The van der Waals surface area contributed by atoms with Crippen LogP contribution in [0.15, 0.2) is 30.4 Å². The van der Waals surface area contributed by atoms with Gasteiger partial charge in [0.1, 0.15) is 0 Å². The zero-order valence-electron chi connectivity index (χ0n) is 12.9. The number of hydrogen-bond donors (Lipinski definition) is 1. The molecule has 0 spiro atoms. The summed E-state index contributed by atoms with van der Waals surface area (Å²) in [7, 11) is 0. The molecule has 4 rings (SSSR count). The normalized spacial score (nSPS) is 32.0. The van der Waals surface area contributed by atoms with Crippen LogP contribution in [-0.4, -0.2) is 23.4 Å². The highest BCUT2D eigenvalue weighted by Crippen LogP contribution is 2.52. The zero-order valence-corrected chi connectivity index (χ0v) is 12.9. The van der Waals surface area contributed by atoms with Gasteiger partial charge in [0.15, 0.2) is 0 Å². The van der Waals surface area contributed by atoms with E-state index in [1.807, 2.05) is 18.2 Å². The van der Waals surface area contributed by atoms with Crippen LogP contribution in [0.1, 0.15) is 17.5 Å². The Kier molecular flexibility index (Phi) is 2.90. The van der Waals surface area contributed by atoms with E-state index in [2.05, 4.69) is 31.3 Å². The van der Waals surface area contributed by atoms with Crippen LogP contribution in [0.4, 0.5) is 5.69 Å². The molecule has 2 aliphatic carbocycles. The maximum absolute atomic E-state index is 12.6. The molecular formula is C18H20N2O2. The molecule has 3 aliphatic rings. The lowest BCUT2D eigenvalue weighted by atomic mass is 9.85. The van der Waals surface area contributed by atoms with Crippen LogP contribution in [0.2, 0.25) is 0 Å². The molecule has 4 nitrogen and oxygen atoms in total. The maximum Gasteiger partial charge on any atom is 0.235 e. The number of hydrogen-bond acceptors (Lipinski definition) is 3. The molecule has 22 heavy (non-hydrogen) atoms. The van der Waals surface area contributed by atoms with Crippen molar-refractivity contribution in [2.45, 2.75) is 20.3 Å². The van der Waals surface area contributed by atoms with E-state index in [0.29, 0.717) is 0 Å². The van der Waals surface area contributed by atoms with Crippen molar-refractivity contribution in [3.63, 3.8) is 0 Å². The first kappa shape index (κ1) is 13.6. The van der Waals surface area contributed by atoms with Crippen LogP contribution >= 0.6 is 0 Å². The molecule has 2 amide bonds. The quantitative estimate of drug-likeness (QED) is 0.688. The van der Waals surface area contributed by atoms with E-state index in [4.69, 9.17) is 0 Å². The number of allylic oxidation sites excluding steroid dienone is 2. The summed E-state index contributed by atoms with van der Waals surface area (Å²) in [4.78, 5) is 26.5. The number of carbonyl (C=O) groups is 2. The third-order valence-electron chi connectivity index (χ3n) is 5.51. The fourth-order valence-electron chi connectivity index (χ4n) is 4.14. The number of rotatable bonds is 3. The molecule has 1 aromatic rings. The topological polar surface area (TPSA) is 49.4 Å². The highest BCUT2D eigenvalue weighted by molar-refractivity contribution is 6.06. The van der Waals surface area contributed by atoms with Crippen molar-refractivity contribution in [3.8, 4) is 0 Å². The number of nitrogens with one attached hydrogen (secondary N) is 1. The van der Waals surface area contributed by atoms with E-state index in [0.717, 1.165) is 12.1 Å². The van der Waals surface area contributed by atoms with Gasteiger partial charge in [0.25, 0.3) is 0 Å². The Morgan fingerprint density at radius 2 is 1.68 bits per heavy atom. The highest BCUT2D eigenvalue weighted by Gasteiger charge is 2.59. The SMILES string of the molecule is Cc1ccc(NCN2C(=O)[C@@H]3[C@H](C2=O)[C@@H]2C=C[C@@H]3C2)cc1C. The molecule has 1 aliphatic heterocycles. The molecule has 1 saturated heterocycles. The van der Waals surface area contributed by atoms with Gasteiger partial charge in [0.2, 0.25) is 11.8 Å². The molecule has 0 radical (unpaired) electrons. The van der Waals surface area contributed by atoms with Crippen molar-refractivity contribution in [3.05, 3.63) is 41.5 Å². The fraction of sp³-hybridized carbons (Fsp3) is 0.444. The summed E-state index contributed by atoms with van der Waals surface area (Å²) >= 11 is 0. The van der Waals surface area contributed by atoms with Crippen molar-refractivity contribution >= 4 is 17.5 Å². The molecule has 0 unspecified atom stereocenters. The Balaban J connectivity index is 1.49. The van der Waals surface area contributed by atoms with E-state index in [9.17, 15) is 9.59 Å². The summed E-state index contributed by atoms with van der Waals surface area (Å²) < 4.78 is 0. The van der Waals surface area contributed by atoms with Gasteiger partial charge >= 0.3 is 0 Å². The van der Waals surface area contributed by atoms with Crippen LogP contribution in [-0.2, 0) is 9.59 Å². The molecule has 1 aromatic carbocycles. The second-order valence-electron chi connectivity index (χ2n) is 6.74. The number of aryl methyl sites for hydroxylation is 2. The lowest BCUT2D eigenvalue weighted by molar-refractivity contribution is -0.140. The number of amides is 2. The van der Waals surface area contributed by atoms with Gasteiger partial charge in [-0.3, -0.25) is 14.5 Å². The van der Waals surface area contributed by atoms with Crippen molar-refractivity contribution in [1.82, 2.24) is 4.90 Å². The second kappa shape index (κ2) is 4.70. The first-order chi connectivity index (χ1) is 10.6. The molecule has 1 saturated carbocycles. The van der Waals surface area contributed by atoms with Crippen molar-refractivity contribution in [1.29, 1.82) is 0 Å². The van der Waals surface area contributed by atoms with Crippen molar-refractivity contribution in [2.75, 3.05) is 12.0 Å². The third kappa shape index (κ3) is 1.83.